The fourth-order valence-electron chi connectivity index (χ4n) is 9.51. The van der Waals surface area contributed by atoms with Crippen LogP contribution in [0, 0.1) is 0 Å². The van der Waals surface area contributed by atoms with Gasteiger partial charge in [0.2, 0.25) is 0 Å². The third kappa shape index (κ3) is 16.3. The first kappa shape index (κ1) is 75.7. The van der Waals surface area contributed by atoms with Crippen LogP contribution in [0.3, 0.4) is 0 Å². The van der Waals surface area contributed by atoms with Crippen LogP contribution < -0.4 is 119 Å². The quantitative estimate of drug-likeness (QED) is 0.0812. The van der Waals surface area contributed by atoms with Gasteiger partial charge in [0, 0.05) is 32.3 Å². The Kier molecular flexibility index (Phi) is 25.3. The van der Waals surface area contributed by atoms with Gasteiger partial charge in [-0.1, -0.05) is 145 Å². The topological polar surface area (TPSA) is 413 Å². The minimum absolute atomic E-state index is 0. The average molecular weight is 1390 g/mol. The van der Waals surface area contributed by atoms with Crippen molar-refractivity contribution in [2.75, 3.05) is 15.0 Å². The van der Waals surface area contributed by atoms with E-state index < -0.39 is 98.1 Å². The summed E-state index contributed by atoms with van der Waals surface area (Å²) in [5.41, 5.74) is 2.41. The third-order valence-corrected chi connectivity index (χ3v) is 16.4. The summed E-state index contributed by atoms with van der Waals surface area (Å²) >= 11 is 0. The van der Waals surface area contributed by atoms with Gasteiger partial charge in [-0.05, 0) is 75.4 Å². The van der Waals surface area contributed by atoms with E-state index >= 15 is 0 Å². The number of rotatable bonds is 12. The number of hydrazone groups is 3. The molecule has 3 atom stereocenters. The maximum Gasteiger partial charge on any atom is 3.00 e. The first-order valence-electron chi connectivity index (χ1n) is 26.4. The summed E-state index contributed by atoms with van der Waals surface area (Å²) in [6, 6.07) is 43.4. The van der Waals surface area contributed by atoms with Gasteiger partial charge in [-0.2, -0.15) is 61.0 Å². The Labute approximate surface area is 613 Å². The fraction of sp³-hybridized carbons (Fsp3) is 0.100. The van der Waals surface area contributed by atoms with Crippen LogP contribution in [0.5, 0.6) is 17.2 Å². The Morgan fingerprint density at radius 3 is 0.766 bits per heavy atom. The molecule has 459 valence electrons. The number of anilines is 3. The van der Waals surface area contributed by atoms with Crippen LogP contribution >= 0.6 is 0 Å². The molecule has 3 heterocycles. The number of amides is 3. The molecule has 0 aromatic heterocycles. The van der Waals surface area contributed by atoms with Gasteiger partial charge in [-0.15, -0.1) is 0 Å². The number of nitrogens with zero attached hydrogens (tertiary/aromatic N) is 12. The molecule has 9 aromatic rings. The molecule has 0 aliphatic carbocycles. The van der Waals surface area contributed by atoms with Crippen LogP contribution in [0.15, 0.2) is 243 Å². The molecule has 0 spiro atoms. The van der Waals surface area contributed by atoms with Crippen LogP contribution in [0.2, 0.25) is 0 Å². The predicted molar refractivity (Wildman–Crippen MR) is 320 cm³/mol. The SMILES string of the molecule is CC1=NN(c2ccccc2)C(=O)C1N=Nc1c([O-])cc(S(=O)(=O)[O-])c2ccccc12.CC1=NN(c2ccccc2)C(=O)C1N=Nc1c([O-])cc(S(=O)(=O)[O-])c2ccccc12.CC1=NN(c2ccccc2)C(=O)C1N=Nc1c([O-])cc(S(=O)(=O)[O-])c2ccccc12.[Cr+3].[Na+].[Na+].[Na+]. The number of benzene rings is 9. The first-order valence-corrected chi connectivity index (χ1v) is 30.6. The van der Waals surface area contributed by atoms with E-state index in [0.717, 1.165) is 18.2 Å². The van der Waals surface area contributed by atoms with Gasteiger partial charge < -0.3 is 29.0 Å². The van der Waals surface area contributed by atoms with E-state index in [9.17, 15) is 68.6 Å². The molecule has 94 heavy (non-hydrogen) atoms. The van der Waals surface area contributed by atoms with E-state index in [2.05, 4.69) is 46.0 Å². The van der Waals surface area contributed by atoms with Crippen LogP contribution in [0.4, 0.5) is 34.1 Å². The Morgan fingerprint density at radius 2 is 0.553 bits per heavy atom. The number of hydrogen-bond acceptors (Lipinski definition) is 24. The number of carbonyl (C=O) groups is 3. The molecule has 1 radical (unpaired) electrons. The second-order valence-corrected chi connectivity index (χ2v) is 23.7. The zero-order valence-electron chi connectivity index (χ0n) is 50.2. The molecule has 12 rings (SSSR count). The summed E-state index contributed by atoms with van der Waals surface area (Å²) in [5, 5.41) is 78.2. The molecule has 3 aliphatic heterocycles. The average Bonchev–Trinajstić information content (AvgIpc) is 0.972. The normalized spacial score (nSPS) is 16.4. The minimum Gasteiger partial charge on any atom is -0.871 e. The zero-order valence-corrected chi connectivity index (χ0v) is 59.9. The largest absolute Gasteiger partial charge is 3.00 e. The van der Waals surface area contributed by atoms with Crippen LogP contribution in [-0.4, -0.2) is 91.9 Å². The summed E-state index contributed by atoms with van der Waals surface area (Å²) in [6.07, 6.45) is 0. The minimum atomic E-state index is -4.86. The second-order valence-electron chi connectivity index (χ2n) is 19.7. The van der Waals surface area contributed by atoms with E-state index in [0.29, 0.717) is 34.2 Å². The Hall–Kier alpha value is -7.36. The predicted octanol–water partition coefficient (Wildman–Crippen LogP) is -0.913. The van der Waals surface area contributed by atoms with Crippen molar-refractivity contribution in [1.29, 1.82) is 0 Å². The van der Waals surface area contributed by atoms with Gasteiger partial charge in [-0.25, -0.2) is 25.3 Å². The second kappa shape index (κ2) is 31.5. The molecule has 0 bridgehead atoms. The number of para-hydroxylation sites is 3. The summed E-state index contributed by atoms with van der Waals surface area (Å²) < 4.78 is 104. The van der Waals surface area contributed by atoms with Gasteiger partial charge in [0.1, 0.15) is 30.4 Å². The molecule has 0 N–H and O–H groups in total. The molecular formula is C60H42CrN12Na3O15S3. The van der Waals surface area contributed by atoms with E-state index in [1.54, 1.807) is 112 Å². The van der Waals surface area contributed by atoms with Crippen molar-refractivity contribution in [3.63, 3.8) is 0 Å². The standard InChI is InChI=1S/3C20H16N4O5S.Cr.3Na/c3*1-12-18(20(26)24(23-12)13-7-3-2-4-8-13)21-22-19-15-10-6-5-9-14(15)17(11-16(19)25)30(27,28)29;;;;/h3*2-11,18,25H,1H3,(H,27,28,29);;;;/q;;;+3;3*+1/p-6. The summed E-state index contributed by atoms with van der Waals surface area (Å²) in [4.78, 5) is 36.3. The van der Waals surface area contributed by atoms with Crippen molar-refractivity contribution in [2.45, 2.75) is 53.6 Å². The third-order valence-electron chi connectivity index (χ3n) is 13.7. The van der Waals surface area contributed by atoms with E-state index in [-0.39, 0.29) is 155 Å². The van der Waals surface area contributed by atoms with Crippen molar-refractivity contribution < 1.29 is 175 Å². The van der Waals surface area contributed by atoms with Gasteiger partial charge in [0.25, 0.3) is 17.7 Å². The number of hydrogen-bond donors (Lipinski definition) is 0. The molecular weight excluding hydrogens is 1350 g/mol. The van der Waals surface area contributed by atoms with Crippen molar-refractivity contribution in [2.24, 2.45) is 46.0 Å². The van der Waals surface area contributed by atoms with Crippen LogP contribution in [0.25, 0.3) is 32.3 Å². The smallest absolute Gasteiger partial charge is 0.871 e. The van der Waals surface area contributed by atoms with Crippen molar-refractivity contribution in [3.05, 3.63) is 182 Å². The number of fused-ring (bicyclic) bond motifs is 3. The Balaban J connectivity index is 0.000000219. The van der Waals surface area contributed by atoms with E-state index in [4.69, 9.17) is 0 Å². The summed E-state index contributed by atoms with van der Waals surface area (Å²) in [7, 11) is -14.6. The number of azo groups is 3. The van der Waals surface area contributed by atoms with Crippen molar-refractivity contribution in [1.82, 2.24) is 0 Å². The Bertz CT molecular complexity index is 4480. The fourth-order valence-corrected chi connectivity index (χ4v) is 11.6. The molecule has 3 unspecified atom stereocenters. The maximum atomic E-state index is 12.7. The van der Waals surface area contributed by atoms with Gasteiger partial charge in [0.15, 0.2) is 18.1 Å². The molecule has 0 saturated carbocycles. The van der Waals surface area contributed by atoms with Crippen LogP contribution in [-0.2, 0) is 62.1 Å². The molecule has 0 fully saturated rings. The zero-order chi connectivity index (χ0) is 64.4. The molecule has 3 amide bonds. The van der Waals surface area contributed by atoms with Crippen LogP contribution in [0.1, 0.15) is 20.8 Å². The summed E-state index contributed by atoms with van der Waals surface area (Å²) in [5.74, 6) is -3.65. The summed E-state index contributed by atoms with van der Waals surface area (Å²) in [6.45, 7) is 4.86. The molecule has 9 aromatic carbocycles. The van der Waals surface area contributed by atoms with E-state index in [1.807, 2.05) is 18.2 Å². The van der Waals surface area contributed by atoms with Crippen molar-refractivity contribution in [3.8, 4) is 17.2 Å². The van der Waals surface area contributed by atoms with Gasteiger partial charge in [-0.3, -0.25) is 14.4 Å². The molecule has 27 nitrogen and oxygen atoms in total. The molecule has 0 saturated heterocycles. The maximum absolute atomic E-state index is 12.7. The molecule has 3 aliphatic rings. The first-order chi connectivity index (χ1) is 42.8. The number of carbonyl (C=O) groups excluding carboxylic acids is 3. The van der Waals surface area contributed by atoms with E-state index in [1.165, 1.54) is 69.6 Å². The monoisotopic (exact) mass is 1390 g/mol. The molecule has 34 heteroatoms. The van der Waals surface area contributed by atoms with Gasteiger partial charge in [0.05, 0.1) is 65.9 Å². The van der Waals surface area contributed by atoms with Crippen molar-refractivity contribution >= 4 is 132 Å². The Morgan fingerprint density at radius 1 is 0.351 bits per heavy atom. The van der Waals surface area contributed by atoms with Gasteiger partial charge >= 0.3 is 106 Å².